The zero-order valence-corrected chi connectivity index (χ0v) is 12.8. The molecule has 1 saturated heterocycles. The Bertz CT molecular complexity index is 481. The van der Waals surface area contributed by atoms with Gasteiger partial charge in [-0.25, -0.2) is 0 Å². The summed E-state index contributed by atoms with van der Waals surface area (Å²) in [5.74, 6) is 1.69. The number of nitrogens with zero attached hydrogens (tertiary/aromatic N) is 1. The van der Waals surface area contributed by atoms with Gasteiger partial charge in [-0.2, -0.15) is 0 Å². The summed E-state index contributed by atoms with van der Waals surface area (Å²) in [7, 11) is 0. The van der Waals surface area contributed by atoms with Crippen LogP contribution >= 0.6 is 0 Å². The Morgan fingerprint density at radius 2 is 2.19 bits per heavy atom. The smallest absolute Gasteiger partial charge is 0.231 e. The van der Waals surface area contributed by atoms with Crippen molar-refractivity contribution in [3.05, 3.63) is 23.8 Å². The second-order valence-corrected chi connectivity index (χ2v) is 5.66. The average Bonchev–Trinajstić information content (AvgIpc) is 2.94. The van der Waals surface area contributed by atoms with Crippen LogP contribution in [-0.2, 0) is 4.74 Å². The van der Waals surface area contributed by atoms with Crippen LogP contribution in [0.5, 0.6) is 11.5 Å². The van der Waals surface area contributed by atoms with E-state index >= 15 is 0 Å². The number of ether oxygens (including phenoxy) is 3. The van der Waals surface area contributed by atoms with Crippen LogP contribution in [0.25, 0.3) is 0 Å². The molecule has 0 aliphatic carbocycles. The lowest BCUT2D eigenvalue weighted by Crippen LogP contribution is -2.45. The number of fused-ring (bicyclic) bond motifs is 1. The van der Waals surface area contributed by atoms with Crippen molar-refractivity contribution in [1.29, 1.82) is 0 Å². The first-order valence-electron chi connectivity index (χ1n) is 7.73. The standard InChI is InChI=1S/C16H24N2O3/c1-3-17-14(10-18-6-7-19-12(2)9-18)13-4-5-15-16(8-13)21-11-20-15/h4-5,8,12,14,17H,3,6-7,9-11H2,1-2H3. The molecule has 1 aromatic carbocycles. The fraction of sp³-hybridized carbons (Fsp3) is 0.625. The second-order valence-electron chi connectivity index (χ2n) is 5.66. The van der Waals surface area contributed by atoms with E-state index in [1.54, 1.807) is 0 Å². The Kier molecular flexibility index (Phi) is 4.63. The van der Waals surface area contributed by atoms with Gasteiger partial charge < -0.3 is 19.5 Å². The van der Waals surface area contributed by atoms with E-state index in [0.717, 1.165) is 44.3 Å². The first kappa shape index (κ1) is 14.6. The highest BCUT2D eigenvalue weighted by molar-refractivity contribution is 5.45. The topological polar surface area (TPSA) is 43.0 Å². The van der Waals surface area contributed by atoms with Crippen LogP contribution in [0.3, 0.4) is 0 Å². The summed E-state index contributed by atoms with van der Waals surface area (Å²) in [6, 6.07) is 6.53. The third kappa shape index (κ3) is 3.48. The fourth-order valence-corrected chi connectivity index (χ4v) is 2.98. The number of likely N-dealkylation sites (N-methyl/N-ethyl adjacent to an activating group) is 1. The monoisotopic (exact) mass is 292 g/mol. The van der Waals surface area contributed by atoms with Gasteiger partial charge in [0.15, 0.2) is 11.5 Å². The lowest BCUT2D eigenvalue weighted by molar-refractivity contribution is -0.0210. The van der Waals surface area contributed by atoms with Crippen molar-refractivity contribution in [1.82, 2.24) is 10.2 Å². The molecule has 0 aromatic heterocycles. The summed E-state index contributed by atoms with van der Waals surface area (Å²) in [5.41, 5.74) is 1.25. The molecule has 1 aromatic rings. The van der Waals surface area contributed by atoms with Crippen LogP contribution in [0.15, 0.2) is 18.2 Å². The van der Waals surface area contributed by atoms with Gasteiger partial charge in [-0.05, 0) is 31.2 Å². The van der Waals surface area contributed by atoms with Crippen LogP contribution in [0.2, 0.25) is 0 Å². The van der Waals surface area contributed by atoms with Crippen LogP contribution in [-0.4, -0.2) is 50.6 Å². The number of benzene rings is 1. The summed E-state index contributed by atoms with van der Waals surface area (Å²) in [4.78, 5) is 2.46. The average molecular weight is 292 g/mol. The molecular formula is C16H24N2O3. The van der Waals surface area contributed by atoms with Gasteiger partial charge in [-0.1, -0.05) is 13.0 Å². The highest BCUT2D eigenvalue weighted by Crippen LogP contribution is 2.34. The molecule has 5 heteroatoms. The SMILES string of the molecule is CCNC(CN1CCOC(C)C1)c1ccc2c(c1)OCO2. The quantitative estimate of drug-likeness (QED) is 0.896. The Morgan fingerprint density at radius 1 is 1.33 bits per heavy atom. The lowest BCUT2D eigenvalue weighted by Gasteiger charge is -2.34. The van der Waals surface area contributed by atoms with Crippen molar-refractivity contribution in [2.45, 2.75) is 26.0 Å². The molecule has 0 bridgehead atoms. The molecule has 2 heterocycles. The molecule has 0 radical (unpaired) electrons. The van der Waals surface area contributed by atoms with E-state index in [1.165, 1.54) is 5.56 Å². The number of hydrogen-bond donors (Lipinski definition) is 1. The minimum absolute atomic E-state index is 0.301. The van der Waals surface area contributed by atoms with Gasteiger partial charge >= 0.3 is 0 Å². The Hall–Kier alpha value is -1.30. The van der Waals surface area contributed by atoms with Crippen molar-refractivity contribution in [3.8, 4) is 11.5 Å². The van der Waals surface area contributed by atoms with E-state index in [1.807, 2.05) is 6.07 Å². The predicted octanol–water partition coefficient (Wildman–Crippen LogP) is 1.79. The molecule has 5 nitrogen and oxygen atoms in total. The molecule has 3 rings (SSSR count). The molecule has 0 saturated carbocycles. The van der Waals surface area contributed by atoms with Crippen LogP contribution < -0.4 is 14.8 Å². The first-order chi connectivity index (χ1) is 10.3. The maximum Gasteiger partial charge on any atom is 0.231 e. The van der Waals surface area contributed by atoms with Crippen molar-refractivity contribution < 1.29 is 14.2 Å². The number of nitrogens with one attached hydrogen (secondary N) is 1. The normalized spacial score (nSPS) is 23.2. The minimum Gasteiger partial charge on any atom is -0.454 e. The first-order valence-corrected chi connectivity index (χ1v) is 7.73. The zero-order valence-electron chi connectivity index (χ0n) is 12.8. The van der Waals surface area contributed by atoms with Crippen molar-refractivity contribution in [2.75, 3.05) is 39.6 Å². The van der Waals surface area contributed by atoms with Gasteiger partial charge in [0.25, 0.3) is 0 Å². The molecular weight excluding hydrogens is 268 g/mol. The van der Waals surface area contributed by atoms with Crippen molar-refractivity contribution in [2.24, 2.45) is 0 Å². The van der Waals surface area contributed by atoms with Gasteiger partial charge in [0.05, 0.1) is 12.7 Å². The number of rotatable bonds is 5. The van der Waals surface area contributed by atoms with Gasteiger partial charge in [-0.15, -0.1) is 0 Å². The van der Waals surface area contributed by atoms with Gasteiger partial charge in [0.2, 0.25) is 6.79 Å². The maximum absolute atomic E-state index is 5.62. The molecule has 1 N–H and O–H groups in total. The van der Waals surface area contributed by atoms with E-state index < -0.39 is 0 Å². The lowest BCUT2D eigenvalue weighted by atomic mass is 10.0. The number of hydrogen-bond acceptors (Lipinski definition) is 5. The van der Waals surface area contributed by atoms with Gasteiger partial charge in [0, 0.05) is 25.7 Å². The third-order valence-electron chi connectivity index (χ3n) is 4.02. The number of morpholine rings is 1. The second kappa shape index (κ2) is 6.64. The third-order valence-corrected chi connectivity index (χ3v) is 4.02. The maximum atomic E-state index is 5.62. The van der Waals surface area contributed by atoms with Gasteiger partial charge in [0.1, 0.15) is 0 Å². The van der Waals surface area contributed by atoms with Crippen LogP contribution in [0, 0.1) is 0 Å². The largest absolute Gasteiger partial charge is 0.454 e. The Labute approximate surface area is 126 Å². The summed E-state index contributed by atoms with van der Waals surface area (Å²) in [5, 5.41) is 3.57. The molecule has 2 aliphatic rings. The summed E-state index contributed by atoms with van der Waals surface area (Å²) < 4.78 is 16.5. The molecule has 0 amide bonds. The zero-order chi connectivity index (χ0) is 14.7. The molecule has 0 spiro atoms. The summed E-state index contributed by atoms with van der Waals surface area (Å²) >= 11 is 0. The van der Waals surface area contributed by atoms with Crippen LogP contribution in [0.1, 0.15) is 25.5 Å². The Morgan fingerprint density at radius 3 is 3.00 bits per heavy atom. The molecule has 2 unspecified atom stereocenters. The van der Waals surface area contributed by atoms with E-state index in [2.05, 4.69) is 36.2 Å². The molecule has 2 aliphatic heterocycles. The molecule has 116 valence electrons. The van der Waals surface area contributed by atoms with E-state index in [0.29, 0.717) is 18.9 Å². The highest BCUT2D eigenvalue weighted by atomic mass is 16.7. The Balaban J connectivity index is 1.71. The van der Waals surface area contributed by atoms with E-state index in [4.69, 9.17) is 14.2 Å². The van der Waals surface area contributed by atoms with E-state index in [9.17, 15) is 0 Å². The van der Waals surface area contributed by atoms with Gasteiger partial charge in [-0.3, -0.25) is 4.90 Å². The minimum atomic E-state index is 0.301. The predicted molar refractivity (Wildman–Crippen MR) is 80.8 cm³/mol. The fourth-order valence-electron chi connectivity index (χ4n) is 2.98. The van der Waals surface area contributed by atoms with Crippen LogP contribution in [0.4, 0.5) is 0 Å². The van der Waals surface area contributed by atoms with E-state index in [-0.39, 0.29) is 0 Å². The van der Waals surface area contributed by atoms with Crippen molar-refractivity contribution in [3.63, 3.8) is 0 Å². The summed E-state index contributed by atoms with van der Waals surface area (Å²) in [6.45, 7) is 9.34. The molecule has 21 heavy (non-hydrogen) atoms. The molecule has 1 fully saturated rings. The molecule has 2 atom stereocenters. The highest BCUT2D eigenvalue weighted by Gasteiger charge is 2.22. The summed E-state index contributed by atoms with van der Waals surface area (Å²) in [6.07, 6.45) is 0.317. The van der Waals surface area contributed by atoms with Crippen molar-refractivity contribution >= 4 is 0 Å².